The van der Waals surface area contributed by atoms with Crippen molar-refractivity contribution in [2.24, 2.45) is 0 Å². The van der Waals surface area contributed by atoms with Crippen LogP contribution in [0.15, 0.2) is 18.2 Å². The van der Waals surface area contributed by atoms with Gasteiger partial charge < -0.3 is 9.47 Å². The first-order chi connectivity index (χ1) is 20.9. The van der Waals surface area contributed by atoms with E-state index in [1.807, 2.05) is 13.8 Å². The van der Waals surface area contributed by atoms with E-state index >= 15 is 0 Å². The highest BCUT2D eigenvalue weighted by Crippen LogP contribution is 2.35. The summed E-state index contributed by atoms with van der Waals surface area (Å²) in [4.78, 5) is 31.2. The second-order valence-corrected chi connectivity index (χ2v) is 13.8. The zero-order valence-electron chi connectivity index (χ0n) is 28.0. The van der Waals surface area contributed by atoms with Crippen molar-refractivity contribution >= 4 is 29.2 Å². The number of unbranched alkanes of at least 4 members (excludes halogenated alkanes) is 10. The van der Waals surface area contributed by atoms with Gasteiger partial charge in [-0.05, 0) is 50.5 Å². The van der Waals surface area contributed by atoms with Crippen LogP contribution in [-0.4, -0.2) is 45.0 Å². The van der Waals surface area contributed by atoms with Gasteiger partial charge in [-0.15, -0.1) is 5.10 Å². The Morgan fingerprint density at radius 1 is 0.773 bits per heavy atom. The highest BCUT2D eigenvalue weighted by molar-refractivity contribution is 6.34. The summed E-state index contributed by atoms with van der Waals surface area (Å²) in [6.07, 6.45) is 13.2. The Morgan fingerprint density at radius 2 is 1.25 bits per heavy atom. The quantitative estimate of drug-likeness (QED) is 0.111. The number of hydrogen-bond acceptors (Lipinski definition) is 6. The number of halogens is 1. The van der Waals surface area contributed by atoms with Gasteiger partial charge in [-0.1, -0.05) is 110 Å². The van der Waals surface area contributed by atoms with Gasteiger partial charge in [0.1, 0.15) is 5.02 Å². The lowest BCUT2D eigenvalue weighted by Gasteiger charge is -2.23. The number of carbonyl (C=O) groups is 2. The van der Waals surface area contributed by atoms with E-state index in [1.165, 1.54) is 38.5 Å². The first kappa shape index (κ1) is 35.6. The van der Waals surface area contributed by atoms with Crippen molar-refractivity contribution in [3.63, 3.8) is 0 Å². The summed E-state index contributed by atoms with van der Waals surface area (Å²) >= 11 is 6.70. The fourth-order valence-corrected chi connectivity index (χ4v) is 5.62. The first-order valence-electron chi connectivity index (χ1n) is 16.5. The Bertz CT molecular complexity index is 1320. The lowest BCUT2D eigenvalue weighted by atomic mass is 9.82. The maximum atomic E-state index is 13.2. The summed E-state index contributed by atoms with van der Waals surface area (Å²) in [7, 11) is 0. The zero-order chi connectivity index (χ0) is 32.3. The number of nitrogens with zero attached hydrogens (tertiary/aromatic N) is 3. The Morgan fingerprint density at radius 3 is 1.70 bits per heavy atom. The van der Waals surface area contributed by atoms with Gasteiger partial charge in [-0.2, -0.15) is 4.63 Å². The number of nitrogens with one attached hydrogen (secondary N) is 1. The smallest absolute Gasteiger partial charge is 0.338 e. The molecule has 1 aromatic carbocycles. The minimum atomic E-state index is -0.762. The number of carbonyl (C=O) groups excluding carboxylic acids is 2. The van der Waals surface area contributed by atoms with E-state index in [0.717, 1.165) is 44.2 Å². The fraction of sp³-hybridized carbons (Fsp3) is 0.657. The third-order valence-corrected chi connectivity index (χ3v) is 8.50. The molecule has 0 amide bonds. The molecule has 0 atom stereocenters. The van der Waals surface area contributed by atoms with E-state index in [0.29, 0.717) is 46.4 Å². The van der Waals surface area contributed by atoms with Crippen LogP contribution in [0.2, 0.25) is 5.02 Å². The molecule has 9 heteroatoms. The van der Waals surface area contributed by atoms with Crippen molar-refractivity contribution < 1.29 is 19.1 Å². The molecule has 44 heavy (non-hydrogen) atoms. The highest BCUT2D eigenvalue weighted by atomic mass is 35.5. The number of fused-ring (bicyclic) bond motifs is 1. The van der Waals surface area contributed by atoms with Crippen LogP contribution in [0.25, 0.3) is 5.65 Å². The van der Waals surface area contributed by atoms with Gasteiger partial charge in [-0.3, -0.25) is 5.10 Å². The average molecular weight is 629 g/mol. The summed E-state index contributed by atoms with van der Waals surface area (Å²) in [5, 5.41) is 8.51. The van der Waals surface area contributed by atoms with E-state index in [9.17, 15) is 9.59 Å². The number of hydrogen-bond donors (Lipinski definition) is 1. The fourth-order valence-electron chi connectivity index (χ4n) is 5.18. The number of ether oxygens (including phenoxy) is 2. The molecular weight excluding hydrogens is 576 g/mol. The van der Waals surface area contributed by atoms with Crippen molar-refractivity contribution in [1.82, 2.24) is 19.8 Å². The van der Waals surface area contributed by atoms with Gasteiger partial charge in [0.05, 0.1) is 35.4 Å². The predicted octanol–water partition coefficient (Wildman–Crippen LogP) is 9.37. The van der Waals surface area contributed by atoms with Gasteiger partial charge in [-0.25, -0.2) is 14.6 Å². The van der Waals surface area contributed by atoms with E-state index in [1.54, 1.807) is 22.8 Å². The number of aromatic amines is 1. The van der Waals surface area contributed by atoms with Gasteiger partial charge in [0.2, 0.25) is 0 Å². The molecule has 2 heterocycles. The van der Waals surface area contributed by atoms with Crippen LogP contribution in [0.5, 0.6) is 0 Å². The maximum absolute atomic E-state index is 13.2. The molecule has 3 rings (SSSR count). The molecule has 244 valence electrons. The summed E-state index contributed by atoms with van der Waals surface area (Å²) in [6, 6.07) is 5.11. The van der Waals surface area contributed by atoms with E-state index in [2.05, 4.69) is 39.7 Å². The molecule has 0 unspecified atom stereocenters. The third-order valence-electron chi connectivity index (χ3n) is 8.14. The van der Waals surface area contributed by atoms with Crippen molar-refractivity contribution in [3.05, 3.63) is 51.4 Å². The molecule has 2 aromatic heterocycles. The monoisotopic (exact) mass is 628 g/mol. The SMILES string of the molecule is CCCCCCCCOC(=O)c1cc(C(=O)OCCCCCCCC)cc(C(C)(C)c2nc3c(Cl)c(C(C)(C)C)[nH]n3n2)c1. The molecule has 0 saturated carbocycles. The second-order valence-electron chi connectivity index (χ2n) is 13.5. The summed E-state index contributed by atoms with van der Waals surface area (Å²) in [6.45, 7) is 15.2. The molecule has 8 nitrogen and oxygen atoms in total. The molecule has 1 N–H and O–H groups in total. The number of aromatic nitrogens is 4. The lowest BCUT2D eigenvalue weighted by Crippen LogP contribution is -2.23. The largest absolute Gasteiger partial charge is 0.462 e. The van der Waals surface area contributed by atoms with E-state index < -0.39 is 17.4 Å². The predicted molar refractivity (Wildman–Crippen MR) is 177 cm³/mol. The van der Waals surface area contributed by atoms with E-state index in [-0.39, 0.29) is 5.41 Å². The lowest BCUT2D eigenvalue weighted by molar-refractivity contribution is 0.0495. The first-order valence-corrected chi connectivity index (χ1v) is 16.9. The summed E-state index contributed by atoms with van der Waals surface area (Å²) < 4.78 is 12.9. The summed E-state index contributed by atoms with van der Waals surface area (Å²) in [5.41, 5.74) is 1.75. The molecule has 0 aliphatic rings. The Balaban J connectivity index is 1.83. The molecule has 0 radical (unpaired) electrons. The van der Waals surface area contributed by atoms with Crippen LogP contribution in [0.3, 0.4) is 0 Å². The number of H-pyrrole nitrogens is 1. The van der Waals surface area contributed by atoms with Crippen molar-refractivity contribution in [2.45, 2.75) is 136 Å². The van der Waals surface area contributed by atoms with Gasteiger partial charge >= 0.3 is 11.9 Å². The van der Waals surface area contributed by atoms with E-state index in [4.69, 9.17) is 31.2 Å². The van der Waals surface area contributed by atoms with Crippen LogP contribution >= 0.6 is 11.6 Å². The molecule has 0 fully saturated rings. The van der Waals surface area contributed by atoms with Gasteiger partial charge in [0, 0.05) is 5.41 Å². The van der Waals surface area contributed by atoms with Crippen molar-refractivity contribution in [1.29, 1.82) is 0 Å². The molecule has 0 spiro atoms. The number of benzene rings is 1. The van der Waals surface area contributed by atoms with Crippen molar-refractivity contribution in [2.75, 3.05) is 13.2 Å². The number of rotatable bonds is 18. The van der Waals surface area contributed by atoms with Crippen LogP contribution in [-0.2, 0) is 20.3 Å². The standard InChI is InChI=1S/C35H53ClN4O4/c1-8-10-12-14-16-18-20-43-31(41)25-22-26(32(42)44-21-19-17-15-13-11-9-2)24-27(23-25)35(6,7)33-37-30-28(36)29(34(3,4)5)38-40(30)39-33/h22-24,38H,8-21H2,1-7H3. The molecule has 3 aromatic rings. The normalized spacial score (nSPS) is 12.2. The molecule has 0 saturated heterocycles. The Hall–Kier alpha value is -2.87. The van der Waals surface area contributed by atoms with Gasteiger partial charge in [0.25, 0.3) is 0 Å². The Labute approximate surface area is 268 Å². The molecular formula is C35H53ClN4O4. The second kappa shape index (κ2) is 16.4. The van der Waals surface area contributed by atoms with Crippen LogP contribution in [0.4, 0.5) is 0 Å². The molecule has 0 bridgehead atoms. The summed E-state index contributed by atoms with van der Waals surface area (Å²) in [5.74, 6) is -0.400. The highest BCUT2D eigenvalue weighted by Gasteiger charge is 2.33. The minimum absolute atomic E-state index is 0.204. The average Bonchev–Trinajstić information content (AvgIpc) is 3.55. The van der Waals surface area contributed by atoms with Gasteiger partial charge in [0.15, 0.2) is 11.5 Å². The Kier molecular flexibility index (Phi) is 13.3. The molecule has 0 aliphatic heterocycles. The minimum Gasteiger partial charge on any atom is -0.462 e. The maximum Gasteiger partial charge on any atom is 0.338 e. The number of esters is 2. The van der Waals surface area contributed by atoms with Crippen molar-refractivity contribution in [3.8, 4) is 0 Å². The zero-order valence-corrected chi connectivity index (χ0v) is 28.7. The van der Waals surface area contributed by atoms with Crippen LogP contribution in [0.1, 0.15) is 163 Å². The topological polar surface area (TPSA) is 98.6 Å². The van der Waals surface area contributed by atoms with Crippen LogP contribution < -0.4 is 0 Å². The molecule has 0 aliphatic carbocycles. The van der Waals surface area contributed by atoms with Crippen LogP contribution in [0, 0.1) is 0 Å². The third kappa shape index (κ3) is 9.56.